The van der Waals surface area contributed by atoms with Crippen LogP contribution in [0.1, 0.15) is 26.3 Å². The van der Waals surface area contributed by atoms with E-state index in [-0.39, 0.29) is 30.1 Å². The first kappa shape index (κ1) is 16.5. The molecule has 1 rings (SSSR count). The summed E-state index contributed by atoms with van der Waals surface area (Å²) in [4.78, 5) is 23.3. The predicted octanol–water partition coefficient (Wildman–Crippen LogP) is 2.72. The first-order chi connectivity index (χ1) is 10.1. The molecule has 0 fully saturated rings. The van der Waals surface area contributed by atoms with Crippen molar-refractivity contribution >= 4 is 12.3 Å². The summed E-state index contributed by atoms with van der Waals surface area (Å²) in [6.07, 6.45) is 3.66. The van der Waals surface area contributed by atoms with E-state index in [0.29, 0.717) is 17.6 Å². The van der Waals surface area contributed by atoms with Crippen molar-refractivity contribution in [3.63, 3.8) is 0 Å². The normalized spacial score (nSPS) is 9.62. The van der Waals surface area contributed by atoms with Crippen molar-refractivity contribution in [1.29, 1.82) is 0 Å². The van der Waals surface area contributed by atoms with Gasteiger partial charge in [0.05, 0.1) is 12.7 Å². The number of aryl methyl sites for hydroxylation is 1. The summed E-state index contributed by atoms with van der Waals surface area (Å²) >= 11 is 0. The maximum Gasteiger partial charge on any atom is 0.341 e. The second kappa shape index (κ2) is 7.89. The molecule has 5 heteroatoms. The standard InChI is InChI=1S/C16H18O5/c1-5-7-20-13-9-11(3)14(16(18)19-4)15(12(13)10-17)21-8-6-2/h5-6,9-10H,1-2,7-8H2,3-4H3. The van der Waals surface area contributed by atoms with Gasteiger partial charge in [-0.25, -0.2) is 4.79 Å². The van der Waals surface area contributed by atoms with Crippen LogP contribution in [0.4, 0.5) is 0 Å². The lowest BCUT2D eigenvalue weighted by atomic mass is 10.0. The number of aldehydes is 1. The molecular formula is C16H18O5. The van der Waals surface area contributed by atoms with Crippen molar-refractivity contribution in [3.8, 4) is 11.5 Å². The molecule has 5 nitrogen and oxygen atoms in total. The zero-order valence-electron chi connectivity index (χ0n) is 12.2. The van der Waals surface area contributed by atoms with Gasteiger partial charge >= 0.3 is 5.97 Å². The highest BCUT2D eigenvalue weighted by atomic mass is 16.5. The fourth-order valence-electron chi connectivity index (χ4n) is 1.80. The number of carbonyl (C=O) groups is 2. The van der Waals surface area contributed by atoms with Gasteiger partial charge in [-0.1, -0.05) is 25.3 Å². The molecule has 0 spiro atoms. The van der Waals surface area contributed by atoms with Crippen molar-refractivity contribution in [1.82, 2.24) is 0 Å². The highest BCUT2D eigenvalue weighted by Crippen LogP contribution is 2.34. The molecule has 0 N–H and O–H groups in total. The third-order valence-corrected chi connectivity index (χ3v) is 2.69. The second-order valence-electron chi connectivity index (χ2n) is 4.12. The number of rotatable bonds is 8. The molecule has 1 aromatic carbocycles. The lowest BCUT2D eigenvalue weighted by molar-refractivity contribution is 0.0595. The average molecular weight is 290 g/mol. The highest BCUT2D eigenvalue weighted by molar-refractivity contribution is 5.99. The van der Waals surface area contributed by atoms with Gasteiger partial charge in [0, 0.05) is 0 Å². The minimum absolute atomic E-state index is 0.135. The second-order valence-corrected chi connectivity index (χ2v) is 4.12. The quantitative estimate of drug-likeness (QED) is 0.418. The van der Waals surface area contributed by atoms with Crippen LogP contribution in [0.5, 0.6) is 11.5 Å². The number of ether oxygens (including phenoxy) is 3. The molecule has 0 aliphatic rings. The molecule has 0 saturated heterocycles. The summed E-state index contributed by atoms with van der Waals surface area (Å²) in [6, 6.07) is 1.60. The highest BCUT2D eigenvalue weighted by Gasteiger charge is 2.23. The van der Waals surface area contributed by atoms with Gasteiger partial charge < -0.3 is 14.2 Å². The van der Waals surface area contributed by atoms with Crippen molar-refractivity contribution in [2.24, 2.45) is 0 Å². The molecule has 0 saturated carbocycles. The largest absolute Gasteiger partial charge is 0.489 e. The maximum absolute atomic E-state index is 11.9. The molecule has 0 aliphatic carbocycles. The lowest BCUT2D eigenvalue weighted by Crippen LogP contribution is -2.12. The Kier molecular flexibility index (Phi) is 6.20. The minimum Gasteiger partial charge on any atom is -0.489 e. The summed E-state index contributed by atoms with van der Waals surface area (Å²) < 4.78 is 15.7. The summed E-state index contributed by atoms with van der Waals surface area (Å²) in [6.45, 7) is 9.19. The Hall–Kier alpha value is -2.56. The fourth-order valence-corrected chi connectivity index (χ4v) is 1.80. The Labute approximate surface area is 123 Å². The molecule has 0 aliphatic heterocycles. The predicted molar refractivity (Wildman–Crippen MR) is 79.3 cm³/mol. The van der Waals surface area contributed by atoms with Crippen LogP contribution >= 0.6 is 0 Å². The zero-order chi connectivity index (χ0) is 15.8. The number of hydrogen-bond acceptors (Lipinski definition) is 5. The third kappa shape index (κ3) is 3.72. The zero-order valence-corrected chi connectivity index (χ0v) is 12.2. The molecular weight excluding hydrogens is 272 g/mol. The minimum atomic E-state index is -0.579. The van der Waals surface area contributed by atoms with Gasteiger partial charge in [0.2, 0.25) is 0 Å². The van der Waals surface area contributed by atoms with E-state index < -0.39 is 5.97 Å². The first-order valence-corrected chi connectivity index (χ1v) is 6.29. The summed E-state index contributed by atoms with van der Waals surface area (Å²) in [7, 11) is 1.27. The molecule has 0 amide bonds. The molecule has 0 aromatic heterocycles. The van der Waals surface area contributed by atoms with E-state index in [2.05, 4.69) is 13.2 Å². The Bertz CT molecular complexity index is 560. The summed E-state index contributed by atoms with van der Waals surface area (Å²) in [5.74, 6) is -0.116. The van der Waals surface area contributed by atoms with E-state index in [9.17, 15) is 9.59 Å². The van der Waals surface area contributed by atoms with Gasteiger partial charge in [-0.3, -0.25) is 4.79 Å². The third-order valence-electron chi connectivity index (χ3n) is 2.69. The van der Waals surface area contributed by atoms with Crippen LogP contribution in [0.2, 0.25) is 0 Å². The van der Waals surface area contributed by atoms with Gasteiger partial charge in [0.25, 0.3) is 0 Å². The van der Waals surface area contributed by atoms with Crippen molar-refractivity contribution in [2.75, 3.05) is 20.3 Å². The van der Waals surface area contributed by atoms with Crippen LogP contribution in [-0.2, 0) is 4.74 Å². The molecule has 112 valence electrons. The van der Waals surface area contributed by atoms with E-state index in [1.807, 2.05) is 0 Å². The van der Waals surface area contributed by atoms with Crippen molar-refractivity contribution < 1.29 is 23.8 Å². The van der Waals surface area contributed by atoms with Gasteiger partial charge in [-0.05, 0) is 18.6 Å². The number of esters is 1. The average Bonchev–Trinajstić information content (AvgIpc) is 2.49. The van der Waals surface area contributed by atoms with Crippen molar-refractivity contribution in [3.05, 3.63) is 48.1 Å². The molecule has 0 radical (unpaired) electrons. The topological polar surface area (TPSA) is 61.8 Å². The molecule has 0 unspecified atom stereocenters. The number of hydrogen-bond donors (Lipinski definition) is 0. The van der Waals surface area contributed by atoms with Crippen LogP contribution in [0.15, 0.2) is 31.4 Å². The summed E-state index contributed by atoms with van der Waals surface area (Å²) in [5.41, 5.74) is 0.947. The van der Waals surface area contributed by atoms with Gasteiger partial charge in [0.1, 0.15) is 30.3 Å². The van der Waals surface area contributed by atoms with Gasteiger partial charge in [-0.15, -0.1) is 0 Å². The van der Waals surface area contributed by atoms with E-state index in [4.69, 9.17) is 14.2 Å². The maximum atomic E-state index is 11.9. The van der Waals surface area contributed by atoms with Crippen LogP contribution in [0.25, 0.3) is 0 Å². The van der Waals surface area contributed by atoms with E-state index in [1.165, 1.54) is 13.2 Å². The molecule has 21 heavy (non-hydrogen) atoms. The molecule has 1 aromatic rings. The number of methoxy groups -OCH3 is 1. The Balaban J connectivity index is 3.49. The fraction of sp³-hybridized carbons (Fsp3) is 0.250. The monoisotopic (exact) mass is 290 g/mol. The first-order valence-electron chi connectivity index (χ1n) is 6.29. The van der Waals surface area contributed by atoms with Crippen LogP contribution in [0.3, 0.4) is 0 Å². The van der Waals surface area contributed by atoms with Crippen LogP contribution in [-0.4, -0.2) is 32.6 Å². The van der Waals surface area contributed by atoms with E-state index in [1.54, 1.807) is 19.1 Å². The van der Waals surface area contributed by atoms with E-state index >= 15 is 0 Å². The Morgan fingerprint density at radius 3 is 2.38 bits per heavy atom. The lowest BCUT2D eigenvalue weighted by Gasteiger charge is -2.17. The molecule has 0 bridgehead atoms. The Morgan fingerprint density at radius 1 is 1.24 bits per heavy atom. The van der Waals surface area contributed by atoms with Gasteiger partial charge in [0.15, 0.2) is 6.29 Å². The van der Waals surface area contributed by atoms with Gasteiger partial charge in [-0.2, -0.15) is 0 Å². The van der Waals surface area contributed by atoms with Crippen LogP contribution < -0.4 is 9.47 Å². The number of carbonyl (C=O) groups excluding carboxylic acids is 2. The number of benzene rings is 1. The molecule has 0 heterocycles. The van der Waals surface area contributed by atoms with Crippen LogP contribution in [0, 0.1) is 6.92 Å². The van der Waals surface area contributed by atoms with Crippen molar-refractivity contribution in [2.45, 2.75) is 6.92 Å². The smallest absolute Gasteiger partial charge is 0.341 e. The summed E-state index contributed by atoms with van der Waals surface area (Å²) in [5, 5.41) is 0. The van der Waals surface area contributed by atoms with E-state index in [0.717, 1.165) is 0 Å². The Morgan fingerprint density at radius 2 is 1.86 bits per heavy atom. The molecule has 0 atom stereocenters. The SMILES string of the molecule is C=CCOc1cc(C)c(C(=O)OC)c(OCC=C)c1C=O.